The van der Waals surface area contributed by atoms with Crippen LogP contribution in [0.5, 0.6) is 17.2 Å². The Kier molecular flexibility index (Phi) is 7.98. The van der Waals surface area contributed by atoms with E-state index in [1.165, 1.54) is 13.0 Å². The molecule has 1 N–H and O–H groups in total. The van der Waals surface area contributed by atoms with Crippen LogP contribution in [0.25, 0.3) is 6.08 Å². The maximum absolute atomic E-state index is 12.7. The van der Waals surface area contributed by atoms with Gasteiger partial charge in [0.25, 0.3) is 5.91 Å². The van der Waals surface area contributed by atoms with Crippen molar-refractivity contribution in [3.63, 3.8) is 0 Å². The molecule has 0 spiro atoms. The van der Waals surface area contributed by atoms with Crippen LogP contribution in [0.3, 0.4) is 0 Å². The zero-order valence-corrected chi connectivity index (χ0v) is 22.2. The highest BCUT2D eigenvalue weighted by Crippen LogP contribution is 2.32. The van der Waals surface area contributed by atoms with Crippen molar-refractivity contribution in [3.05, 3.63) is 59.2 Å². The summed E-state index contributed by atoms with van der Waals surface area (Å²) in [7, 11) is -3.72. The SMILES string of the molecule is CCOc1cc(/C=C2/C(=N)N3C(=NC2=O)SN=C3S(=O)(=O)CC)ccc1OCCOc1cccc(C)c1. The van der Waals surface area contributed by atoms with Crippen LogP contribution in [0.15, 0.2) is 57.4 Å². The Morgan fingerprint density at radius 3 is 2.57 bits per heavy atom. The molecule has 0 unspecified atom stereocenters. The lowest BCUT2D eigenvalue weighted by molar-refractivity contribution is -0.114. The van der Waals surface area contributed by atoms with Gasteiger partial charge >= 0.3 is 0 Å². The molecule has 0 fully saturated rings. The number of nitrogens with one attached hydrogen (secondary N) is 1. The third-order valence-electron chi connectivity index (χ3n) is 5.33. The quantitative estimate of drug-likeness (QED) is 0.287. The second-order valence-corrected chi connectivity index (χ2v) is 10.9. The molecule has 2 aliphatic heterocycles. The fourth-order valence-corrected chi connectivity index (χ4v) is 5.48. The van der Waals surface area contributed by atoms with Crippen LogP contribution in [0.1, 0.15) is 25.0 Å². The Morgan fingerprint density at radius 1 is 1.05 bits per heavy atom. The minimum atomic E-state index is -3.72. The largest absolute Gasteiger partial charge is 0.490 e. The average Bonchev–Trinajstić information content (AvgIpc) is 3.30. The molecule has 0 saturated heterocycles. The fourth-order valence-electron chi connectivity index (χ4n) is 3.51. The molecule has 0 aliphatic carbocycles. The summed E-state index contributed by atoms with van der Waals surface area (Å²) < 4.78 is 46.1. The number of sulfone groups is 1. The second kappa shape index (κ2) is 11.2. The molecule has 12 heteroatoms. The molecular formula is C25H26N4O6S2. The Balaban J connectivity index is 1.51. The molecule has 2 aliphatic rings. The number of rotatable bonds is 9. The van der Waals surface area contributed by atoms with E-state index in [9.17, 15) is 13.2 Å². The molecule has 194 valence electrons. The molecule has 0 aromatic heterocycles. The second-order valence-electron chi connectivity index (χ2n) is 7.96. The average molecular weight is 543 g/mol. The topological polar surface area (TPSA) is 131 Å². The molecule has 0 saturated carbocycles. The lowest BCUT2D eigenvalue weighted by atomic mass is 10.1. The van der Waals surface area contributed by atoms with Gasteiger partial charge in [0.15, 0.2) is 11.5 Å². The third-order valence-corrected chi connectivity index (χ3v) is 7.74. The number of benzene rings is 2. The van der Waals surface area contributed by atoms with Gasteiger partial charge in [0.2, 0.25) is 20.2 Å². The Morgan fingerprint density at radius 2 is 1.84 bits per heavy atom. The van der Waals surface area contributed by atoms with Crippen LogP contribution in [0.4, 0.5) is 0 Å². The minimum Gasteiger partial charge on any atom is -0.490 e. The highest BCUT2D eigenvalue weighted by Gasteiger charge is 2.42. The van der Waals surface area contributed by atoms with Crippen molar-refractivity contribution in [3.8, 4) is 17.2 Å². The molecule has 37 heavy (non-hydrogen) atoms. The van der Waals surface area contributed by atoms with Gasteiger partial charge in [0.1, 0.15) is 24.8 Å². The molecule has 0 atom stereocenters. The molecule has 2 aromatic carbocycles. The Hall–Kier alpha value is -3.64. The van der Waals surface area contributed by atoms with Gasteiger partial charge in [-0.15, -0.1) is 0 Å². The van der Waals surface area contributed by atoms with E-state index in [2.05, 4.69) is 9.39 Å². The molecular weight excluding hydrogens is 516 g/mol. The highest BCUT2D eigenvalue weighted by molar-refractivity contribution is 8.16. The van der Waals surface area contributed by atoms with Crippen molar-refractivity contribution in [2.75, 3.05) is 25.6 Å². The van der Waals surface area contributed by atoms with Crippen LogP contribution >= 0.6 is 11.9 Å². The predicted octanol–water partition coefficient (Wildman–Crippen LogP) is 3.86. The number of aryl methyl sites for hydroxylation is 1. The maximum Gasteiger partial charge on any atom is 0.283 e. The lowest BCUT2D eigenvalue weighted by Crippen LogP contribution is -2.45. The summed E-state index contributed by atoms with van der Waals surface area (Å²) in [6, 6.07) is 12.8. The Labute approximate surface area is 219 Å². The van der Waals surface area contributed by atoms with E-state index in [0.717, 1.165) is 28.2 Å². The number of carbonyl (C=O) groups excluding carboxylic acids is 1. The van der Waals surface area contributed by atoms with E-state index in [-0.39, 0.29) is 34.1 Å². The summed E-state index contributed by atoms with van der Waals surface area (Å²) >= 11 is 0.761. The van der Waals surface area contributed by atoms with Gasteiger partial charge in [-0.1, -0.05) is 25.1 Å². The van der Waals surface area contributed by atoms with Crippen molar-refractivity contribution in [1.82, 2.24) is 4.90 Å². The summed E-state index contributed by atoms with van der Waals surface area (Å²) in [5.41, 5.74) is 1.60. The molecule has 4 rings (SSSR count). The predicted molar refractivity (Wildman–Crippen MR) is 144 cm³/mol. The van der Waals surface area contributed by atoms with Gasteiger partial charge in [-0.05, 0) is 55.3 Å². The smallest absolute Gasteiger partial charge is 0.283 e. The van der Waals surface area contributed by atoms with E-state index in [4.69, 9.17) is 19.6 Å². The molecule has 0 radical (unpaired) electrons. The van der Waals surface area contributed by atoms with E-state index < -0.39 is 15.7 Å². The van der Waals surface area contributed by atoms with Crippen molar-refractivity contribution < 1.29 is 27.4 Å². The number of hydrogen-bond acceptors (Lipinski definition) is 9. The van der Waals surface area contributed by atoms with Crippen LogP contribution in [0, 0.1) is 12.3 Å². The van der Waals surface area contributed by atoms with Gasteiger partial charge in [0, 0.05) is 0 Å². The van der Waals surface area contributed by atoms with Crippen molar-refractivity contribution in [2.45, 2.75) is 20.8 Å². The van der Waals surface area contributed by atoms with E-state index >= 15 is 0 Å². The van der Waals surface area contributed by atoms with Crippen LogP contribution in [0.2, 0.25) is 0 Å². The zero-order chi connectivity index (χ0) is 26.6. The van der Waals surface area contributed by atoms with E-state index in [1.54, 1.807) is 18.2 Å². The third kappa shape index (κ3) is 5.86. The van der Waals surface area contributed by atoms with E-state index in [1.807, 2.05) is 38.1 Å². The number of carbonyl (C=O) groups is 1. The lowest BCUT2D eigenvalue weighted by Gasteiger charge is -2.24. The van der Waals surface area contributed by atoms with Crippen LogP contribution < -0.4 is 14.2 Å². The summed E-state index contributed by atoms with van der Waals surface area (Å²) in [5.74, 6) is 0.576. The van der Waals surface area contributed by atoms with Crippen LogP contribution in [-0.2, 0) is 14.6 Å². The number of ether oxygens (including phenoxy) is 3. The summed E-state index contributed by atoms with van der Waals surface area (Å²) in [6.45, 7) is 6.33. The first kappa shape index (κ1) is 26.4. The molecule has 2 heterocycles. The van der Waals surface area contributed by atoms with Crippen molar-refractivity contribution >= 4 is 49.9 Å². The van der Waals surface area contributed by atoms with Crippen LogP contribution in [-0.4, -0.2) is 61.0 Å². The summed E-state index contributed by atoms with van der Waals surface area (Å²) in [4.78, 5) is 17.7. The number of fused-ring (bicyclic) bond motifs is 1. The zero-order valence-electron chi connectivity index (χ0n) is 20.6. The van der Waals surface area contributed by atoms with Gasteiger partial charge in [-0.2, -0.15) is 9.39 Å². The number of amidine groups is 3. The van der Waals surface area contributed by atoms with E-state index in [0.29, 0.717) is 30.3 Å². The number of amides is 1. The molecule has 2 aromatic rings. The first-order valence-corrected chi connectivity index (χ1v) is 14.0. The normalized spacial score (nSPS) is 16.4. The van der Waals surface area contributed by atoms with Gasteiger partial charge in [-0.25, -0.2) is 13.3 Å². The minimum absolute atomic E-state index is 0.0470. The Bertz CT molecular complexity index is 1430. The summed E-state index contributed by atoms with van der Waals surface area (Å²) in [5, 5.41) is 8.29. The first-order valence-electron chi connectivity index (χ1n) is 11.5. The maximum atomic E-state index is 12.7. The van der Waals surface area contributed by atoms with Crippen molar-refractivity contribution in [1.29, 1.82) is 5.41 Å². The van der Waals surface area contributed by atoms with Gasteiger partial charge < -0.3 is 14.2 Å². The number of nitrogens with zero attached hydrogens (tertiary/aromatic N) is 3. The first-order chi connectivity index (χ1) is 17.7. The fraction of sp³-hybridized carbons (Fsp3) is 0.280. The molecule has 1 amide bonds. The van der Waals surface area contributed by atoms with Gasteiger partial charge in [0.05, 0.1) is 29.9 Å². The number of hydrogen-bond donors (Lipinski definition) is 1. The standard InChI is InChI=1S/C25H26N4O6S2/c1-4-33-21-15-17(9-10-20(21)35-12-11-34-18-8-6-7-16(3)13-18)14-19-22(26)29-24(27-23(19)30)36-28-25(29)37(31,32)5-2/h6-10,13-15,26H,4-5,11-12H2,1-3H3/b19-14-,26-22?. The number of aliphatic imine (C=N–C) groups is 1. The summed E-state index contributed by atoms with van der Waals surface area (Å²) in [6.07, 6.45) is 1.47. The highest BCUT2D eigenvalue weighted by atomic mass is 32.2. The van der Waals surface area contributed by atoms with Crippen molar-refractivity contribution in [2.24, 2.45) is 9.39 Å². The monoisotopic (exact) mass is 542 g/mol. The molecule has 10 nitrogen and oxygen atoms in total. The molecule has 0 bridgehead atoms. The van der Waals surface area contributed by atoms with Gasteiger partial charge in [-0.3, -0.25) is 10.2 Å².